The fraction of sp³-hybridized carbons (Fsp3) is 0.343. The number of halogens is 3. The molecule has 0 spiro atoms. The van der Waals surface area contributed by atoms with E-state index in [2.05, 4.69) is 32.1 Å². The van der Waals surface area contributed by atoms with Gasteiger partial charge in [-0.25, -0.2) is 19.6 Å². The van der Waals surface area contributed by atoms with Crippen LogP contribution in [-0.2, 0) is 14.3 Å². The summed E-state index contributed by atoms with van der Waals surface area (Å²) >= 11 is 17.2. The molecule has 3 amide bonds. The predicted molar refractivity (Wildman–Crippen MR) is 187 cm³/mol. The van der Waals surface area contributed by atoms with Crippen LogP contribution in [0.25, 0.3) is 11.3 Å². The number of carbonyl (C=O) groups excluding carboxylic acids is 3. The summed E-state index contributed by atoms with van der Waals surface area (Å²) in [5.74, 6) is 7.30. The molecule has 50 heavy (non-hydrogen) atoms. The molecular weight excluding hydrogens is 705 g/mol. The topological polar surface area (TPSA) is 146 Å². The van der Waals surface area contributed by atoms with Crippen molar-refractivity contribution in [1.82, 2.24) is 35.1 Å². The largest absolute Gasteiger partial charge is 0.453 e. The number of nitrogens with zero attached hydrogens (tertiary/aromatic N) is 4. The highest BCUT2D eigenvalue weighted by Gasteiger charge is 2.37. The van der Waals surface area contributed by atoms with Crippen molar-refractivity contribution < 1.29 is 23.9 Å². The van der Waals surface area contributed by atoms with Crippen LogP contribution >= 0.6 is 34.8 Å². The number of ether oxygens (including phenoxy) is 2. The third-order valence-electron chi connectivity index (χ3n) is 8.57. The number of H-pyrrole nitrogens is 2. The lowest BCUT2D eigenvalue weighted by Crippen LogP contribution is -2.42. The lowest BCUT2D eigenvalue weighted by Gasteiger charge is -2.28. The van der Waals surface area contributed by atoms with Gasteiger partial charge in [0.2, 0.25) is 3.79 Å². The van der Waals surface area contributed by atoms with Gasteiger partial charge in [0.15, 0.2) is 0 Å². The lowest BCUT2D eigenvalue weighted by molar-refractivity contribution is -0.134. The Morgan fingerprint density at radius 3 is 2.38 bits per heavy atom. The summed E-state index contributed by atoms with van der Waals surface area (Å²) < 4.78 is 8.28. The minimum absolute atomic E-state index is 0.238. The second-order valence-electron chi connectivity index (χ2n) is 11.9. The van der Waals surface area contributed by atoms with Crippen LogP contribution < -0.4 is 5.32 Å². The average Bonchev–Trinajstić information content (AvgIpc) is 3.95. The summed E-state index contributed by atoms with van der Waals surface area (Å²) in [6.07, 6.45) is 5.27. The van der Waals surface area contributed by atoms with E-state index in [1.165, 1.54) is 7.11 Å². The SMILES string of the molecule is COC(=O)N[C@@H](C(=O)N1CCC[C@H]1c1nc(C#Cc2ccc(-c3cnc([C@@H]4CCCN4C(=O)OCC(Cl)(Cl)Cl)[nH]3)cc2)c[nH]1)c1ccccc1. The monoisotopic (exact) mass is 737 g/mol. The molecule has 6 rings (SSSR count). The third-order valence-corrected chi connectivity index (χ3v) is 8.89. The summed E-state index contributed by atoms with van der Waals surface area (Å²) in [6.45, 7) is 0.711. The molecule has 2 aromatic carbocycles. The van der Waals surface area contributed by atoms with Crippen LogP contribution in [0.1, 0.15) is 72.3 Å². The summed E-state index contributed by atoms with van der Waals surface area (Å²) in [5, 5.41) is 2.68. The Hall–Kier alpha value is -4.70. The molecule has 2 aliphatic heterocycles. The van der Waals surface area contributed by atoms with Gasteiger partial charge in [-0.3, -0.25) is 9.69 Å². The highest BCUT2D eigenvalue weighted by Crippen LogP contribution is 2.34. The number of nitrogens with one attached hydrogen (secondary N) is 3. The smallest absolute Gasteiger partial charge is 0.410 e. The molecule has 12 nitrogen and oxygen atoms in total. The summed E-state index contributed by atoms with van der Waals surface area (Å²) in [6, 6.07) is 15.3. The number of methoxy groups -OCH3 is 1. The van der Waals surface area contributed by atoms with Gasteiger partial charge in [0.25, 0.3) is 5.91 Å². The first-order valence-corrected chi connectivity index (χ1v) is 17.2. The maximum atomic E-state index is 13.7. The van der Waals surface area contributed by atoms with Gasteiger partial charge in [-0.15, -0.1) is 0 Å². The first kappa shape index (κ1) is 35.1. The molecule has 0 radical (unpaired) electrons. The van der Waals surface area contributed by atoms with Crippen molar-refractivity contribution in [2.75, 3.05) is 26.8 Å². The van der Waals surface area contributed by atoms with E-state index in [0.29, 0.717) is 36.0 Å². The maximum absolute atomic E-state index is 13.7. The van der Waals surface area contributed by atoms with Crippen LogP contribution in [0.2, 0.25) is 0 Å². The molecule has 2 aliphatic rings. The molecule has 3 N–H and O–H groups in total. The minimum Gasteiger partial charge on any atom is -0.453 e. The molecule has 260 valence electrons. The number of likely N-dealkylation sites (tertiary alicyclic amines) is 2. The first-order valence-electron chi connectivity index (χ1n) is 16.0. The third kappa shape index (κ3) is 8.35. The fourth-order valence-electron chi connectivity index (χ4n) is 6.18. The summed E-state index contributed by atoms with van der Waals surface area (Å²) in [7, 11) is 1.27. The van der Waals surface area contributed by atoms with Gasteiger partial charge < -0.3 is 29.7 Å². The number of rotatable bonds is 7. The first-order chi connectivity index (χ1) is 24.1. The number of aromatic amines is 2. The number of alkyl halides is 3. The van der Waals surface area contributed by atoms with Gasteiger partial charge in [0.1, 0.15) is 30.0 Å². The van der Waals surface area contributed by atoms with Crippen LogP contribution in [0.15, 0.2) is 67.0 Å². The van der Waals surface area contributed by atoms with E-state index < -0.39 is 22.0 Å². The molecule has 4 aromatic rings. The Morgan fingerprint density at radius 1 is 0.980 bits per heavy atom. The number of carbonyl (C=O) groups is 3. The van der Waals surface area contributed by atoms with Crippen molar-refractivity contribution in [3.05, 3.63) is 95.5 Å². The highest BCUT2D eigenvalue weighted by molar-refractivity contribution is 6.67. The molecule has 0 saturated carbocycles. The van der Waals surface area contributed by atoms with E-state index in [1.54, 1.807) is 34.3 Å². The van der Waals surface area contributed by atoms with Crippen molar-refractivity contribution in [3.63, 3.8) is 0 Å². The van der Waals surface area contributed by atoms with E-state index in [1.807, 2.05) is 42.5 Å². The van der Waals surface area contributed by atoms with Gasteiger partial charge in [0.05, 0.1) is 31.1 Å². The van der Waals surface area contributed by atoms with Gasteiger partial charge >= 0.3 is 12.2 Å². The molecule has 0 unspecified atom stereocenters. The van der Waals surface area contributed by atoms with E-state index in [-0.39, 0.29) is 24.6 Å². The van der Waals surface area contributed by atoms with E-state index in [0.717, 1.165) is 42.5 Å². The van der Waals surface area contributed by atoms with Crippen LogP contribution in [0.3, 0.4) is 0 Å². The van der Waals surface area contributed by atoms with Crippen LogP contribution in [0, 0.1) is 11.8 Å². The molecule has 0 bridgehead atoms. The van der Waals surface area contributed by atoms with Crippen molar-refractivity contribution in [2.45, 2.75) is 47.6 Å². The fourth-order valence-corrected chi connectivity index (χ4v) is 6.34. The average molecular weight is 739 g/mol. The second kappa shape index (κ2) is 15.5. The zero-order chi connectivity index (χ0) is 35.3. The number of benzene rings is 2. The standard InChI is InChI=1S/C35H34Cl3N7O5/c1-49-33(47)43-29(24-7-3-2-4-8-24)32(46)44-17-5-9-27(44)30-39-19-25(41-30)16-13-22-11-14-23(15-12-22)26-20-40-31(42-26)28-10-6-18-45(28)34(48)50-21-35(36,37)38/h2-4,7-8,11-12,14-15,19-20,27-29H,5-6,9-10,17-18,21H2,1H3,(H,39,41)(H,40,42)(H,43,47)/t27-,28-,29+/m0/s1. The molecular formula is C35H34Cl3N7O5. The van der Waals surface area contributed by atoms with Gasteiger partial charge in [-0.05, 0) is 54.9 Å². The van der Waals surface area contributed by atoms with Crippen molar-refractivity contribution in [2.24, 2.45) is 0 Å². The highest BCUT2D eigenvalue weighted by atomic mass is 35.6. The number of aromatic nitrogens is 4. The molecule has 2 fully saturated rings. The zero-order valence-corrected chi connectivity index (χ0v) is 29.3. The number of alkyl carbamates (subject to hydrolysis) is 1. The second-order valence-corrected chi connectivity index (χ2v) is 14.4. The molecule has 0 aliphatic carbocycles. The van der Waals surface area contributed by atoms with Crippen molar-refractivity contribution in [3.8, 4) is 23.1 Å². The van der Waals surface area contributed by atoms with E-state index >= 15 is 0 Å². The quantitative estimate of drug-likeness (QED) is 0.143. The van der Waals surface area contributed by atoms with Crippen molar-refractivity contribution in [1.29, 1.82) is 0 Å². The van der Waals surface area contributed by atoms with Crippen LogP contribution in [0.4, 0.5) is 9.59 Å². The van der Waals surface area contributed by atoms with Gasteiger partial charge in [-0.1, -0.05) is 83.2 Å². The molecule has 4 heterocycles. The number of imidazole rings is 2. The van der Waals surface area contributed by atoms with Gasteiger partial charge in [-0.2, -0.15) is 0 Å². The molecule has 15 heteroatoms. The van der Waals surface area contributed by atoms with Crippen LogP contribution in [-0.4, -0.2) is 78.4 Å². The summed E-state index contributed by atoms with van der Waals surface area (Å²) in [4.78, 5) is 57.5. The maximum Gasteiger partial charge on any atom is 0.410 e. The Labute approximate surface area is 303 Å². The Kier molecular flexibility index (Phi) is 10.9. The zero-order valence-electron chi connectivity index (χ0n) is 27.0. The Bertz CT molecular complexity index is 1880. The summed E-state index contributed by atoms with van der Waals surface area (Å²) in [5.41, 5.74) is 3.69. The number of hydrogen-bond acceptors (Lipinski definition) is 7. The molecule has 2 saturated heterocycles. The lowest BCUT2D eigenvalue weighted by atomic mass is 10.1. The Morgan fingerprint density at radius 2 is 1.68 bits per heavy atom. The molecule has 3 atom stereocenters. The normalized spacial score (nSPS) is 17.9. The number of hydrogen-bond donors (Lipinski definition) is 3. The van der Waals surface area contributed by atoms with E-state index in [9.17, 15) is 14.4 Å². The van der Waals surface area contributed by atoms with Crippen molar-refractivity contribution >= 4 is 52.9 Å². The number of amides is 3. The van der Waals surface area contributed by atoms with Gasteiger partial charge in [0, 0.05) is 24.8 Å². The minimum atomic E-state index is -1.68. The van der Waals surface area contributed by atoms with Crippen LogP contribution in [0.5, 0.6) is 0 Å². The predicted octanol–water partition coefficient (Wildman–Crippen LogP) is 6.60. The van der Waals surface area contributed by atoms with E-state index in [4.69, 9.17) is 49.3 Å². The molecule has 2 aromatic heterocycles. The Balaban J connectivity index is 1.10.